The molecule has 0 spiro atoms. The second kappa shape index (κ2) is 8.38. The molecule has 0 saturated heterocycles. The van der Waals surface area contributed by atoms with E-state index in [-0.39, 0.29) is 12.4 Å². The van der Waals surface area contributed by atoms with Crippen molar-refractivity contribution in [1.29, 1.82) is 0 Å². The lowest BCUT2D eigenvalue weighted by atomic mass is 9.79. The van der Waals surface area contributed by atoms with Crippen LogP contribution in [-0.2, 0) is 14.3 Å². The lowest BCUT2D eigenvalue weighted by Gasteiger charge is -2.32. The minimum atomic E-state index is 0.209. The molecule has 160 valence electrons. The molecule has 0 aliphatic heterocycles. The van der Waals surface area contributed by atoms with Crippen LogP contribution in [-0.4, -0.2) is 31.7 Å². The van der Waals surface area contributed by atoms with E-state index in [1.165, 1.54) is 57.8 Å². The van der Waals surface area contributed by atoms with Crippen molar-refractivity contribution < 1.29 is 14.3 Å². The fourth-order valence-electron chi connectivity index (χ4n) is 6.37. The summed E-state index contributed by atoms with van der Waals surface area (Å²) >= 11 is 0. The third-order valence-electron chi connectivity index (χ3n) is 8.92. The number of fused-ring (bicyclic) bond motifs is 2. The molecule has 0 amide bonds. The second-order valence-corrected chi connectivity index (χ2v) is 11.3. The van der Waals surface area contributed by atoms with Gasteiger partial charge < -0.3 is 9.47 Å². The Morgan fingerprint density at radius 2 is 1.79 bits per heavy atom. The van der Waals surface area contributed by atoms with Crippen LogP contribution in [0.25, 0.3) is 0 Å². The van der Waals surface area contributed by atoms with Crippen LogP contribution in [0.5, 0.6) is 0 Å². The average molecular weight is 391 g/mol. The Balaban J connectivity index is 1.09. The van der Waals surface area contributed by atoms with E-state index in [1.807, 2.05) is 0 Å². The molecule has 3 nitrogen and oxygen atoms in total. The molecule has 0 aromatic rings. The first-order chi connectivity index (χ1) is 13.4. The third-order valence-corrected chi connectivity index (χ3v) is 8.92. The highest BCUT2D eigenvalue weighted by Gasteiger charge is 2.54. The molecule has 4 aliphatic rings. The molecule has 0 bridgehead atoms. The molecule has 4 saturated carbocycles. The number of hydrogen-bond acceptors (Lipinski definition) is 3. The van der Waals surface area contributed by atoms with Gasteiger partial charge in [-0.2, -0.15) is 0 Å². The van der Waals surface area contributed by atoms with Crippen LogP contribution < -0.4 is 0 Å². The normalized spacial score (nSPS) is 42.4. The lowest BCUT2D eigenvalue weighted by molar-refractivity contribution is -0.126. The van der Waals surface area contributed by atoms with Crippen molar-refractivity contribution >= 4 is 5.78 Å². The van der Waals surface area contributed by atoms with Crippen LogP contribution in [0.1, 0.15) is 91.4 Å². The van der Waals surface area contributed by atoms with E-state index in [0.717, 1.165) is 24.9 Å². The summed E-state index contributed by atoms with van der Waals surface area (Å²) in [6.45, 7) is 8.77. The SMILES string of the molecule is CCCC(OCCC(=O)COCC1CCC2(C)CC2C1)C1CCC2(C)CC2C1. The molecular weight excluding hydrogens is 348 g/mol. The van der Waals surface area contributed by atoms with Gasteiger partial charge in [-0.3, -0.25) is 4.79 Å². The number of rotatable bonds is 11. The molecule has 0 aromatic heterocycles. The molecule has 4 rings (SSSR count). The molecule has 0 N–H and O–H groups in total. The van der Waals surface area contributed by atoms with Gasteiger partial charge in [0.1, 0.15) is 6.61 Å². The van der Waals surface area contributed by atoms with Gasteiger partial charge >= 0.3 is 0 Å². The first-order valence-corrected chi connectivity index (χ1v) is 12.1. The maximum atomic E-state index is 12.2. The number of carbonyl (C=O) groups excluding carboxylic acids is 1. The van der Waals surface area contributed by atoms with Gasteiger partial charge in [0.25, 0.3) is 0 Å². The zero-order valence-electron chi connectivity index (χ0n) is 18.5. The molecule has 3 heteroatoms. The molecule has 28 heavy (non-hydrogen) atoms. The number of hydrogen-bond donors (Lipinski definition) is 0. The molecule has 7 atom stereocenters. The predicted molar refractivity (Wildman–Crippen MR) is 112 cm³/mol. The zero-order chi connectivity index (χ0) is 19.8. The summed E-state index contributed by atoms with van der Waals surface area (Å²) in [4.78, 5) is 12.2. The molecule has 0 heterocycles. The van der Waals surface area contributed by atoms with Crippen LogP contribution in [0.3, 0.4) is 0 Å². The van der Waals surface area contributed by atoms with Gasteiger partial charge in [-0.25, -0.2) is 0 Å². The zero-order valence-corrected chi connectivity index (χ0v) is 18.5. The summed E-state index contributed by atoms with van der Waals surface area (Å²) in [7, 11) is 0. The maximum absolute atomic E-state index is 12.2. The van der Waals surface area contributed by atoms with E-state index in [4.69, 9.17) is 9.47 Å². The fourth-order valence-corrected chi connectivity index (χ4v) is 6.37. The largest absolute Gasteiger partial charge is 0.377 e. The smallest absolute Gasteiger partial charge is 0.160 e. The summed E-state index contributed by atoms with van der Waals surface area (Å²) in [6, 6.07) is 0. The van der Waals surface area contributed by atoms with Gasteiger partial charge in [0, 0.05) is 13.0 Å². The third kappa shape index (κ3) is 4.83. The fraction of sp³-hybridized carbons (Fsp3) is 0.960. The Morgan fingerprint density at radius 3 is 2.46 bits per heavy atom. The van der Waals surface area contributed by atoms with Crippen LogP contribution in [0, 0.1) is 34.5 Å². The van der Waals surface area contributed by atoms with Crippen LogP contribution in [0.15, 0.2) is 0 Å². The number of Topliss-reactive ketones (excluding diaryl/α,β-unsaturated/α-hetero) is 1. The van der Waals surface area contributed by atoms with E-state index in [9.17, 15) is 4.79 Å². The summed E-state index contributed by atoms with van der Waals surface area (Å²) in [5, 5.41) is 0. The van der Waals surface area contributed by atoms with Crippen molar-refractivity contribution in [3.8, 4) is 0 Å². The van der Waals surface area contributed by atoms with E-state index >= 15 is 0 Å². The van der Waals surface area contributed by atoms with E-state index in [2.05, 4.69) is 20.8 Å². The molecule has 4 aliphatic carbocycles. The Labute approximate surface area is 172 Å². The van der Waals surface area contributed by atoms with Gasteiger partial charge in [0.2, 0.25) is 0 Å². The quantitative estimate of drug-likeness (QED) is 0.447. The number of ether oxygens (including phenoxy) is 2. The van der Waals surface area contributed by atoms with Crippen molar-refractivity contribution in [1.82, 2.24) is 0 Å². The van der Waals surface area contributed by atoms with Crippen molar-refractivity contribution in [3.63, 3.8) is 0 Å². The number of carbonyl (C=O) groups is 1. The van der Waals surface area contributed by atoms with Gasteiger partial charge in [0.15, 0.2) is 5.78 Å². The number of ketones is 1. The molecule has 0 aromatic carbocycles. The molecule has 0 radical (unpaired) electrons. The Bertz CT molecular complexity index is 560. The van der Waals surface area contributed by atoms with Crippen molar-refractivity contribution in [2.45, 2.75) is 97.5 Å². The van der Waals surface area contributed by atoms with E-state index in [1.54, 1.807) is 0 Å². The maximum Gasteiger partial charge on any atom is 0.160 e. The Morgan fingerprint density at radius 1 is 1.07 bits per heavy atom. The minimum Gasteiger partial charge on any atom is -0.377 e. The summed E-state index contributed by atoms with van der Waals surface area (Å²) < 4.78 is 12.0. The molecule has 4 fully saturated rings. The van der Waals surface area contributed by atoms with Gasteiger partial charge in [-0.15, -0.1) is 0 Å². The van der Waals surface area contributed by atoms with Crippen molar-refractivity contribution in [3.05, 3.63) is 0 Å². The highest BCUT2D eigenvalue weighted by Crippen LogP contribution is 2.63. The van der Waals surface area contributed by atoms with Gasteiger partial charge in [0.05, 0.1) is 12.7 Å². The molecule has 7 unspecified atom stereocenters. The predicted octanol–water partition coefficient (Wildman–Crippen LogP) is 5.80. The van der Waals surface area contributed by atoms with E-state index in [0.29, 0.717) is 41.8 Å². The first-order valence-electron chi connectivity index (χ1n) is 12.1. The topological polar surface area (TPSA) is 35.5 Å². The van der Waals surface area contributed by atoms with E-state index < -0.39 is 0 Å². The Kier molecular flexibility index (Phi) is 6.24. The van der Waals surface area contributed by atoms with Crippen LogP contribution in [0.2, 0.25) is 0 Å². The highest BCUT2D eigenvalue weighted by atomic mass is 16.5. The minimum absolute atomic E-state index is 0.209. The standard InChI is InChI=1S/C25H42O3/c1-4-5-23(19-7-10-25(3)15-21(25)13-19)28-11-8-22(26)17-27-16-18-6-9-24(2)14-20(24)12-18/h18-21,23H,4-17H2,1-3H3. The van der Waals surface area contributed by atoms with Crippen molar-refractivity contribution in [2.75, 3.05) is 19.8 Å². The van der Waals surface area contributed by atoms with Gasteiger partial charge in [-0.05, 0) is 92.3 Å². The monoisotopic (exact) mass is 390 g/mol. The molecular formula is C25H42O3. The average Bonchev–Trinajstić information content (AvgIpc) is 3.53. The summed E-state index contributed by atoms with van der Waals surface area (Å²) in [5.74, 6) is 3.48. The van der Waals surface area contributed by atoms with Crippen LogP contribution >= 0.6 is 0 Å². The Hall–Kier alpha value is -0.410. The van der Waals surface area contributed by atoms with Crippen molar-refractivity contribution in [2.24, 2.45) is 34.5 Å². The summed E-state index contributed by atoms with van der Waals surface area (Å²) in [5.41, 5.74) is 1.33. The lowest BCUT2D eigenvalue weighted by Crippen LogP contribution is -2.29. The highest BCUT2D eigenvalue weighted by molar-refractivity contribution is 5.79. The first kappa shape index (κ1) is 20.8. The van der Waals surface area contributed by atoms with Gasteiger partial charge in [-0.1, -0.05) is 27.2 Å². The second-order valence-electron chi connectivity index (χ2n) is 11.3. The summed E-state index contributed by atoms with van der Waals surface area (Å²) in [6.07, 6.45) is 14.0. The van der Waals surface area contributed by atoms with Crippen LogP contribution in [0.4, 0.5) is 0 Å².